The van der Waals surface area contributed by atoms with E-state index in [4.69, 9.17) is 0 Å². The zero-order chi connectivity index (χ0) is 24.7. The highest BCUT2D eigenvalue weighted by molar-refractivity contribution is 7.99. The highest BCUT2D eigenvalue weighted by Crippen LogP contribution is 2.46. The van der Waals surface area contributed by atoms with E-state index in [0.29, 0.717) is 11.3 Å². The van der Waals surface area contributed by atoms with Gasteiger partial charge in [0.25, 0.3) is 5.91 Å². The number of nitrogens with one attached hydrogen (secondary N) is 2. The van der Waals surface area contributed by atoms with Gasteiger partial charge in [-0.2, -0.15) is 4.72 Å². The summed E-state index contributed by atoms with van der Waals surface area (Å²) in [5.41, 5.74) is 2.97. The maximum Gasteiger partial charge on any atom is 0.259 e. The number of amides is 2. The molecule has 7 nitrogen and oxygen atoms in total. The van der Waals surface area contributed by atoms with E-state index < -0.39 is 22.0 Å². The second kappa shape index (κ2) is 9.14. The predicted molar refractivity (Wildman–Crippen MR) is 136 cm³/mol. The van der Waals surface area contributed by atoms with Crippen LogP contribution >= 0.6 is 11.8 Å². The zero-order valence-corrected chi connectivity index (χ0v) is 20.9. The van der Waals surface area contributed by atoms with E-state index in [1.807, 2.05) is 48.2 Å². The number of carbonyl (C=O) groups excluding carboxylic acids is 2. The van der Waals surface area contributed by atoms with Gasteiger partial charge in [-0.15, -0.1) is 0 Å². The van der Waals surface area contributed by atoms with Crippen molar-refractivity contribution in [2.24, 2.45) is 0 Å². The molecule has 3 aromatic carbocycles. The van der Waals surface area contributed by atoms with Crippen molar-refractivity contribution in [3.8, 4) is 0 Å². The van der Waals surface area contributed by atoms with Gasteiger partial charge in [-0.1, -0.05) is 41.6 Å². The third-order valence-electron chi connectivity index (χ3n) is 6.01. The van der Waals surface area contributed by atoms with E-state index >= 15 is 0 Å². The first kappa shape index (κ1) is 23.6. The molecule has 0 saturated heterocycles. The van der Waals surface area contributed by atoms with E-state index in [9.17, 15) is 18.0 Å². The summed E-state index contributed by atoms with van der Waals surface area (Å²) in [7, 11) is -3.84. The number of hydrogen-bond donors (Lipinski definition) is 2. The van der Waals surface area contributed by atoms with Crippen molar-refractivity contribution >= 4 is 45.0 Å². The van der Waals surface area contributed by atoms with E-state index in [-0.39, 0.29) is 16.8 Å². The van der Waals surface area contributed by atoms with E-state index in [0.717, 1.165) is 33.9 Å². The van der Waals surface area contributed by atoms with Crippen molar-refractivity contribution in [2.75, 3.05) is 10.2 Å². The van der Waals surface area contributed by atoms with Crippen molar-refractivity contribution in [1.82, 2.24) is 4.72 Å². The van der Waals surface area contributed by atoms with Gasteiger partial charge in [0.05, 0.1) is 22.2 Å². The molecule has 180 valence electrons. The number of anilines is 2. The first-order valence-electron chi connectivity index (χ1n) is 11.4. The van der Waals surface area contributed by atoms with Crippen LogP contribution in [-0.2, 0) is 14.8 Å². The molecule has 0 unspecified atom stereocenters. The summed E-state index contributed by atoms with van der Waals surface area (Å²) >= 11 is 1.49. The number of sulfonamides is 1. The summed E-state index contributed by atoms with van der Waals surface area (Å²) in [5, 5.41) is 2.81. The Morgan fingerprint density at radius 2 is 1.74 bits per heavy atom. The molecular weight excluding hydrogens is 482 g/mol. The number of fused-ring (bicyclic) bond motifs is 2. The highest BCUT2D eigenvalue weighted by atomic mass is 32.2. The van der Waals surface area contributed by atoms with Gasteiger partial charge in [-0.3, -0.25) is 9.59 Å². The average Bonchev–Trinajstić information content (AvgIpc) is 3.66. The molecular formula is C26H25N3O4S2. The Hall–Kier alpha value is -3.14. The molecule has 2 aliphatic rings. The van der Waals surface area contributed by atoms with Crippen LogP contribution in [0.4, 0.5) is 11.4 Å². The van der Waals surface area contributed by atoms with Crippen LogP contribution in [0.5, 0.6) is 0 Å². The normalized spacial score (nSPS) is 16.2. The Labute approximate surface area is 209 Å². The molecule has 0 aromatic heterocycles. The Kier molecular flexibility index (Phi) is 6.16. The Morgan fingerprint density at radius 1 is 1.03 bits per heavy atom. The van der Waals surface area contributed by atoms with Crippen LogP contribution in [0.15, 0.2) is 81.4 Å². The van der Waals surface area contributed by atoms with Gasteiger partial charge in [0.1, 0.15) is 0 Å². The smallest absolute Gasteiger partial charge is 0.259 e. The molecule has 1 aliphatic carbocycles. The first-order chi connectivity index (χ1) is 16.7. The second-order valence-corrected chi connectivity index (χ2v) is 11.6. The molecule has 1 fully saturated rings. The minimum absolute atomic E-state index is 0.00901. The summed E-state index contributed by atoms with van der Waals surface area (Å²) in [5.74, 6) is -0.486. The molecule has 2 amide bonds. The quantitative estimate of drug-likeness (QED) is 0.509. The van der Waals surface area contributed by atoms with Gasteiger partial charge >= 0.3 is 0 Å². The number of aryl methyl sites for hydroxylation is 1. The fourth-order valence-corrected chi connectivity index (χ4v) is 6.29. The van der Waals surface area contributed by atoms with Crippen molar-refractivity contribution in [1.29, 1.82) is 0 Å². The standard InChI is InChI=1S/C26H25N3O4S2/c1-16-7-12-20(13-8-16)35(32,33)28-17(2)25(30)27-18-9-14-22-24(15-18)34-23-6-4-3-5-21(23)26(31)29(22)19-10-11-19/h3-9,12-15,17,19,28H,10-11H2,1-2H3,(H,27,30)/t17-/m1/s1. The fraction of sp³-hybridized carbons (Fsp3) is 0.231. The lowest BCUT2D eigenvalue weighted by Crippen LogP contribution is -2.41. The Balaban J connectivity index is 1.37. The molecule has 35 heavy (non-hydrogen) atoms. The molecule has 0 spiro atoms. The second-order valence-electron chi connectivity index (χ2n) is 8.83. The van der Waals surface area contributed by atoms with E-state index in [2.05, 4.69) is 10.0 Å². The van der Waals surface area contributed by atoms with Crippen LogP contribution in [0.3, 0.4) is 0 Å². The number of hydrogen-bond acceptors (Lipinski definition) is 5. The first-order valence-corrected chi connectivity index (χ1v) is 13.7. The van der Waals surface area contributed by atoms with Crippen molar-refractivity contribution in [3.05, 3.63) is 77.9 Å². The lowest BCUT2D eigenvalue weighted by Gasteiger charge is -2.23. The zero-order valence-electron chi connectivity index (χ0n) is 19.3. The maximum absolute atomic E-state index is 13.3. The lowest BCUT2D eigenvalue weighted by atomic mass is 10.1. The molecule has 0 radical (unpaired) electrons. The monoisotopic (exact) mass is 507 g/mol. The summed E-state index contributed by atoms with van der Waals surface area (Å²) < 4.78 is 27.8. The molecule has 5 rings (SSSR count). The van der Waals surface area contributed by atoms with Gasteiger partial charge in [-0.05, 0) is 69.2 Å². The van der Waals surface area contributed by atoms with Gasteiger partial charge in [-0.25, -0.2) is 8.42 Å². The maximum atomic E-state index is 13.3. The molecule has 1 heterocycles. The van der Waals surface area contributed by atoms with Gasteiger partial charge < -0.3 is 10.2 Å². The molecule has 0 bridgehead atoms. The van der Waals surface area contributed by atoms with Crippen LogP contribution in [0, 0.1) is 6.92 Å². The number of nitrogens with zero attached hydrogens (tertiary/aromatic N) is 1. The minimum Gasteiger partial charge on any atom is -0.325 e. The average molecular weight is 508 g/mol. The molecule has 2 N–H and O–H groups in total. The highest BCUT2D eigenvalue weighted by Gasteiger charge is 2.38. The molecule has 9 heteroatoms. The Morgan fingerprint density at radius 3 is 2.46 bits per heavy atom. The lowest BCUT2D eigenvalue weighted by molar-refractivity contribution is -0.117. The molecule has 1 saturated carbocycles. The van der Waals surface area contributed by atoms with Crippen molar-refractivity contribution in [2.45, 2.75) is 53.5 Å². The van der Waals surface area contributed by atoms with Crippen LogP contribution < -0.4 is 14.9 Å². The third kappa shape index (κ3) is 4.84. The number of benzene rings is 3. The summed E-state index contributed by atoms with van der Waals surface area (Å²) in [6.45, 7) is 3.38. The van der Waals surface area contributed by atoms with Crippen LogP contribution in [-0.4, -0.2) is 32.3 Å². The Bertz CT molecular complexity index is 1420. The summed E-state index contributed by atoms with van der Waals surface area (Å²) in [6, 6.07) is 18.6. The third-order valence-corrected chi connectivity index (χ3v) is 8.69. The van der Waals surface area contributed by atoms with Gasteiger partial charge in [0.15, 0.2) is 0 Å². The molecule has 3 aromatic rings. The summed E-state index contributed by atoms with van der Waals surface area (Å²) in [6.07, 6.45) is 1.93. The minimum atomic E-state index is -3.84. The fourth-order valence-electron chi connectivity index (χ4n) is 3.98. The SMILES string of the molecule is Cc1ccc(S(=O)(=O)N[C@H](C)C(=O)Nc2ccc3c(c2)Sc2ccccc2C(=O)N3C2CC2)cc1. The van der Waals surface area contributed by atoms with Gasteiger partial charge in [0.2, 0.25) is 15.9 Å². The topological polar surface area (TPSA) is 95.6 Å². The van der Waals surface area contributed by atoms with Gasteiger partial charge in [0, 0.05) is 21.5 Å². The van der Waals surface area contributed by atoms with Crippen LogP contribution in [0.1, 0.15) is 35.7 Å². The summed E-state index contributed by atoms with van der Waals surface area (Å²) in [4.78, 5) is 29.8. The van der Waals surface area contributed by atoms with Crippen LogP contribution in [0.2, 0.25) is 0 Å². The van der Waals surface area contributed by atoms with Crippen LogP contribution in [0.25, 0.3) is 0 Å². The molecule has 1 atom stereocenters. The predicted octanol–water partition coefficient (Wildman–Crippen LogP) is 4.57. The van der Waals surface area contributed by atoms with E-state index in [1.54, 1.807) is 18.2 Å². The van der Waals surface area contributed by atoms with Crippen molar-refractivity contribution < 1.29 is 18.0 Å². The largest absolute Gasteiger partial charge is 0.325 e. The number of carbonyl (C=O) groups is 2. The number of rotatable bonds is 6. The molecule has 1 aliphatic heterocycles. The van der Waals surface area contributed by atoms with Crippen molar-refractivity contribution in [3.63, 3.8) is 0 Å². The van der Waals surface area contributed by atoms with E-state index in [1.165, 1.54) is 30.8 Å².